The molecule has 2 rings (SSSR count). The van der Waals surface area contributed by atoms with Gasteiger partial charge in [-0.3, -0.25) is 10.1 Å². The second kappa shape index (κ2) is 7.19. The lowest BCUT2D eigenvalue weighted by atomic mass is 10.1. The number of nitrogens with one attached hydrogen (secondary N) is 2. The summed E-state index contributed by atoms with van der Waals surface area (Å²) < 4.78 is 0. The number of nitrogens with two attached hydrogens (primary N) is 1. The van der Waals surface area contributed by atoms with Crippen LogP contribution in [-0.2, 0) is 11.3 Å². The number of amides is 3. The first kappa shape index (κ1) is 15.5. The molecule has 6 nitrogen and oxygen atoms in total. The van der Waals surface area contributed by atoms with Crippen LogP contribution in [0.2, 0.25) is 0 Å². The maximum absolute atomic E-state index is 12.0. The summed E-state index contributed by atoms with van der Waals surface area (Å²) in [5.74, 6) is -0.354. The molecule has 6 heteroatoms. The van der Waals surface area contributed by atoms with E-state index in [0.29, 0.717) is 13.1 Å². The third-order valence-electron chi connectivity index (χ3n) is 3.57. The molecule has 1 aromatic rings. The average Bonchev–Trinajstić information content (AvgIpc) is 2.48. The average molecular weight is 290 g/mol. The van der Waals surface area contributed by atoms with Crippen molar-refractivity contribution in [3.05, 3.63) is 35.9 Å². The Balaban J connectivity index is 2.05. The van der Waals surface area contributed by atoms with E-state index in [-0.39, 0.29) is 5.91 Å². The highest BCUT2D eigenvalue weighted by molar-refractivity contribution is 6.00. The van der Waals surface area contributed by atoms with Gasteiger partial charge in [0.1, 0.15) is 12.2 Å². The fraction of sp³-hybridized carbons (Fsp3) is 0.467. The fourth-order valence-corrected chi connectivity index (χ4v) is 2.33. The van der Waals surface area contributed by atoms with E-state index in [1.54, 1.807) is 0 Å². The number of carbonyl (C=O) groups is 2. The zero-order valence-electron chi connectivity index (χ0n) is 12.2. The Morgan fingerprint density at radius 3 is 2.67 bits per heavy atom. The third-order valence-corrected chi connectivity index (χ3v) is 3.57. The van der Waals surface area contributed by atoms with Crippen LogP contribution >= 0.6 is 0 Å². The second-order valence-corrected chi connectivity index (χ2v) is 5.18. The molecule has 0 spiro atoms. The van der Waals surface area contributed by atoms with E-state index >= 15 is 0 Å². The van der Waals surface area contributed by atoms with Gasteiger partial charge in [0.15, 0.2) is 0 Å². The number of hydrogen-bond acceptors (Lipinski definition) is 4. The highest BCUT2D eigenvalue weighted by Gasteiger charge is 2.38. The zero-order valence-corrected chi connectivity index (χ0v) is 12.2. The van der Waals surface area contributed by atoms with E-state index in [2.05, 4.69) is 17.6 Å². The fourth-order valence-electron chi connectivity index (χ4n) is 2.33. The van der Waals surface area contributed by atoms with Gasteiger partial charge in [0, 0.05) is 6.54 Å². The molecule has 0 aromatic heterocycles. The van der Waals surface area contributed by atoms with E-state index in [9.17, 15) is 9.59 Å². The summed E-state index contributed by atoms with van der Waals surface area (Å²) in [7, 11) is 0. The molecule has 1 aliphatic rings. The maximum atomic E-state index is 12.0. The van der Waals surface area contributed by atoms with Crippen molar-refractivity contribution in [2.45, 2.75) is 38.5 Å². The second-order valence-electron chi connectivity index (χ2n) is 5.18. The number of unbranched alkanes of at least 4 members (excludes halogenated alkanes) is 1. The van der Waals surface area contributed by atoms with Crippen molar-refractivity contribution >= 4 is 11.9 Å². The Kier molecular flexibility index (Phi) is 5.30. The quantitative estimate of drug-likeness (QED) is 0.676. The molecule has 1 fully saturated rings. The van der Waals surface area contributed by atoms with Crippen LogP contribution in [0.4, 0.5) is 4.79 Å². The number of imide groups is 1. The Morgan fingerprint density at radius 2 is 2.00 bits per heavy atom. The molecule has 21 heavy (non-hydrogen) atoms. The minimum atomic E-state index is -0.664. The Morgan fingerprint density at radius 1 is 1.29 bits per heavy atom. The monoisotopic (exact) mass is 290 g/mol. The van der Waals surface area contributed by atoms with Crippen LogP contribution in [-0.4, -0.2) is 35.6 Å². The topological polar surface area (TPSA) is 87.5 Å². The lowest BCUT2D eigenvalue weighted by Gasteiger charge is -2.38. The van der Waals surface area contributed by atoms with Crippen LogP contribution < -0.4 is 16.4 Å². The summed E-state index contributed by atoms with van der Waals surface area (Å²) in [6.45, 7) is 3.16. The van der Waals surface area contributed by atoms with E-state index in [1.807, 2.05) is 30.3 Å². The Labute approximate surface area is 124 Å². The van der Waals surface area contributed by atoms with Crippen molar-refractivity contribution in [1.82, 2.24) is 15.5 Å². The maximum Gasteiger partial charge on any atom is 0.325 e. The molecule has 0 saturated carbocycles. The third kappa shape index (κ3) is 3.80. The molecule has 1 aromatic carbocycles. The van der Waals surface area contributed by atoms with E-state index in [4.69, 9.17) is 5.73 Å². The molecule has 2 unspecified atom stereocenters. The molecule has 1 aliphatic heterocycles. The highest BCUT2D eigenvalue weighted by atomic mass is 16.2. The summed E-state index contributed by atoms with van der Waals surface area (Å²) in [5.41, 5.74) is 7.09. The normalized spacial score (nSPS) is 22.3. The summed E-state index contributed by atoms with van der Waals surface area (Å²) in [4.78, 5) is 25.4. The van der Waals surface area contributed by atoms with Crippen molar-refractivity contribution in [3.63, 3.8) is 0 Å². The van der Waals surface area contributed by atoms with Crippen LogP contribution in [0.1, 0.15) is 25.3 Å². The molecule has 0 aliphatic carbocycles. The summed E-state index contributed by atoms with van der Waals surface area (Å²) in [5, 5.41) is 5.49. The van der Waals surface area contributed by atoms with Crippen LogP contribution in [0.3, 0.4) is 0 Å². The first-order chi connectivity index (χ1) is 10.1. The van der Waals surface area contributed by atoms with Gasteiger partial charge in [-0.15, -0.1) is 0 Å². The number of carbonyl (C=O) groups excluding carboxylic acids is 2. The zero-order chi connectivity index (χ0) is 15.2. The van der Waals surface area contributed by atoms with E-state index < -0.39 is 18.2 Å². The van der Waals surface area contributed by atoms with Gasteiger partial charge in [0.25, 0.3) is 0 Å². The van der Waals surface area contributed by atoms with E-state index in [1.165, 1.54) is 4.90 Å². The first-order valence-corrected chi connectivity index (χ1v) is 7.28. The van der Waals surface area contributed by atoms with Gasteiger partial charge in [0.05, 0.1) is 0 Å². The highest BCUT2D eigenvalue weighted by Crippen LogP contribution is 2.12. The van der Waals surface area contributed by atoms with Crippen molar-refractivity contribution in [1.29, 1.82) is 0 Å². The van der Waals surface area contributed by atoms with Gasteiger partial charge in [0.2, 0.25) is 5.91 Å². The molecule has 4 N–H and O–H groups in total. The Bertz CT molecular complexity index is 492. The number of nitrogens with zero attached hydrogens (tertiary/aromatic N) is 1. The summed E-state index contributed by atoms with van der Waals surface area (Å²) in [6.07, 6.45) is 1.33. The van der Waals surface area contributed by atoms with Crippen LogP contribution in [0.15, 0.2) is 30.3 Å². The smallest absolute Gasteiger partial charge is 0.309 e. The van der Waals surface area contributed by atoms with Crippen molar-refractivity contribution < 1.29 is 9.59 Å². The van der Waals surface area contributed by atoms with Gasteiger partial charge < -0.3 is 16.0 Å². The lowest BCUT2D eigenvalue weighted by molar-refractivity contribution is -0.125. The molecular weight excluding hydrogens is 268 g/mol. The first-order valence-electron chi connectivity index (χ1n) is 7.28. The minimum absolute atomic E-state index is 0.354. The summed E-state index contributed by atoms with van der Waals surface area (Å²) in [6, 6.07) is 8.57. The predicted molar refractivity (Wildman–Crippen MR) is 80.2 cm³/mol. The van der Waals surface area contributed by atoms with Crippen molar-refractivity contribution in [3.8, 4) is 0 Å². The SMILES string of the molecule is CCCCNC1C(=O)NC(=O)N(Cc2ccccc2)C1N. The molecule has 0 bridgehead atoms. The van der Waals surface area contributed by atoms with Gasteiger partial charge in [-0.2, -0.15) is 0 Å². The van der Waals surface area contributed by atoms with Crippen molar-refractivity contribution in [2.75, 3.05) is 6.54 Å². The summed E-state index contributed by atoms with van der Waals surface area (Å²) >= 11 is 0. The van der Waals surface area contributed by atoms with Gasteiger partial charge in [-0.1, -0.05) is 43.7 Å². The molecule has 1 saturated heterocycles. The lowest BCUT2D eigenvalue weighted by Crippen LogP contribution is -2.69. The minimum Gasteiger partial charge on any atom is -0.309 e. The van der Waals surface area contributed by atoms with Crippen LogP contribution in [0, 0.1) is 0 Å². The molecular formula is C15H22N4O2. The van der Waals surface area contributed by atoms with Gasteiger partial charge >= 0.3 is 6.03 Å². The molecule has 1 heterocycles. The molecule has 3 amide bonds. The largest absolute Gasteiger partial charge is 0.325 e. The predicted octanol–water partition coefficient (Wildman–Crippen LogP) is 0.781. The molecule has 2 atom stereocenters. The standard InChI is InChI=1S/C15H22N4O2/c1-2-3-9-17-12-13(16)19(15(21)18-14(12)20)10-11-7-5-4-6-8-11/h4-8,12-13,17H,2-3,9-10,16H2,1H3,(H,18,20,21). The molecule has 0 radical (unpaired) electrons. The van der Waals surface area contributed by atoms with Gasteiger partial charge in [-0.05, 0) is 18.5 Å². The van der Waals surface area contributed by atoms with Gasteiger partial charge in [-0.25, -0.2) is 4.79 Å². The number of benzene rings is 1. The number of rotatable bonds is 6. The van der Waals surface area contributed by atoms with E-state index in [0.717, 1.165) is 18.4 Å². The molecule has 114 valence electrons. The van der Waals surface area contributed by atoms with Crippen LogP contribution in [0.25, 0.3) is 0 Å². The number of hydrogen-bond donors (Lipinski definition) is 3. The van der Waals surface area contributed by atoms with Crippen LogP contribution in [0.5, 0.6) is 0 Å². The Hall–Kier alpha value is -1.92. The number of urea groups is 1. The van der Waals surface area contributed by atoms with Crippen molar-refractivity contribution in [2.24, 2.45) is 5.73 Å².